The second-order valence-electron chi connectivity index (χ2n) is 8.74. The quantitative estimate of drug-likeness (QED) is 0.582. The maximum absolute atomic E-state index is 14.4. The maximum atomic E-state index is 14.4. The predicted molar refractivity (Wildman–Crippen MR) is 123 cm³/mol. The second-order valence-corrected chi connectivity index (χ2v) is 9.15. The molecule has 5 rings (SSSR count). The lowest BCUT2D eigenvalue weighted by atomic mass is 9.69. The molecule has 1 aromatic heterocycles. The molecular formula is C23H21N5O4S. The van der Waals surface area contributed by atoms with Gasteiger partial charge < -0.3 is 25.1 Å². The molecule has 0 aliphatic carbocycles. The third-order valence-corrected chi connectivity index (χ3v) is 6.55. The molecular weight excluding hydrogens is 442 g/mol. The lowest BCUT2D eigenvalue weighted by molar-refractivity contribution is -0.121. The number of rotatable bonds is 2. The van der Waals surface area contributed by atoms with Crippen molar-refractivity contribution in [1.82, 2.24) is 9.97 Å². The standard InChI is InChI=1S/C23H21N5O4S/c1-5-31-11-6-12-10(2)8-22(3,4)28-16(12)13(7-11)23(20(28)30)14(9-24)17(25)32-19-15(23)18(29)26-21(33)27-19/h6-8H,5,25H2,1-4H3,(H2,26,27,29,33)/t23-/m1/s1. The molecule has 1 spiro atoms. The van der Waals surface area contributed by atoms with E-state index >= 15 is 0 Å². The minimum absolute atomic E-state index is 0.00977. The number of allylic oxidation sites excluding steroid dienone is 1. The number of hydrogen-bond acceptors (Lipinski definition) is 7. The molecule has 0 radical (unpaired) electrons. The number of nitriles is 1. The Labute approximate surface area is 194 Å². The first-order chi connectivity index (χ1) is 15.6. The fraction of sp³-hybridized carbons (Fsp3) is 0.304. The molecule has 4 heterocycles. The maximum Gasteiger partial charge on any atom is 0.260 e. The van der Waals surface area contributed by atoms with Crippen LogP contribution in [0.3, 0.4) is 0 Å². The number of aromatic amines is 2. The highest BCUT2D eigenvalue weighted by atomic mass is 32.1. The number of nitrogens with one attached hydrogen (secondary N) is 2. The van der Waals surface area contributed by atoms with Crippen molar-refractivity contribution in [3.8, 4) is 17.7 Å². The van der Waals surface area contributed by atoms with E-state index in [1.807, 2.05) is 45.9 Å². The van der Waals surface area contributed by atoms with Crippen molar-refractivity contribution in [2.45, 2.75) is 38.6 Å². The topological polar surface area (TPSA) is 137 Å². The summed E-state index contributed by atoms with van der Waals surface area (Å²) in [5, 5.41) is 10.2. The Balaban J connectivity index is 2.02. The molecule has 0 fully saturated rings. The molecule has 1 amide bonds. The van der Waals surface area contributed by atoms with Crippen molar-refractivity contribution in [3.05, 3.63) is 61.5 Å². The van der Waals surface area contributed by atoms with E-state index in [1.54, 1.807) is 11.0 Å². The molecule has 10 heteroatoms. The van der Waals surface area contributed by atoms with Crippen molar-refractivity contribution in [2.24, 2.45) is 5.73 Å². The number of carbonyl (C=O) groups is 1. The number of aromatic nitrogens is 2. The predicted octanol–water partition coefficient (Wildman–Crippen LogP) is 2.75. The zero-order valence-electron chi connectivity index (χ0n) is 18.5. The van der Waals surface area contributed by atoms with Crippen molar-refractivity contribution >= 4 is 29.4 Å². The van der Waals surface area contributed by atoms with Crippen LogP contribution in [0.5, 0.6) is 11.6 Å². The molecule has 3 aliphatic rings. The van der Waals surface area contributed by atoms with Crippen LogP contribution in [0.4, 0.5) is 5.69 Å². The molecule has 9 nitrogen and oxygen atoms in total. The van der Waals surface area contributed by atoms with Gasteiger partial charge >= 0.3 is 0 Å². The fourth-order valence-corrected chi connectivity index (χ4v) is 5.45. The number of carbonyl (C=O) groups excluding carboxylic acids is 1. The van der Waals surface area contributed by atoms with Crippen molar-refractivity contribution in [1.29, 1.82) is 5.26 Å². The first-order valence-corrected chi connectivity index (χ1v) is 10.8. The Hall–Kier alpha value is -3.84. The average Bonchev–Trinajstić information content (AvgIpc) is 2.96. The first kappa shape index (κ1) is 21.0. The Bertz CT molecular complexity index is 1490. The van der Waals surface area contributed by atoms with Crippen LogP contribution in [0.25, 0.3) is 5.57 Å². The molecule has 0 bridgehead atoms. The van der Waals surface area contributed by atoms with E-state index in [0.717, 1.165) is 11.1 Å². The number of ether oxygens (including phenoxy) is 2. The molecule has 1 aromatic carbocycles. The minimum atomic E-state index is -1.83. The molecule has 1 atom stereocenters. The van der Waals surface area contributed by atoms with Gasteiger partial charge in [0.25, 0.3) is 5.56 Å². The second kappa shape index (κ2) is 6.59. The van der Waals surface area contributed by atoms with Gasteiger partial charge in [-0.3, -0.25) is 14.6 Å². The van der Waals surface area contributed by atoms with E-state index in [9.17, 15) is 14.9 Å². The largest absolute Gasteiger partial charge is 0.494 e. The van der Waals surface area contributed by atoms with Crippen LogP contribution < -0.4 is 25.7 Å². The van der Waals surface area contributed by atoms with Gasteiger partial charge in [0.05, 0.1) is 17.8 Å². The van der Waals surface area contributed by atoms with Gasteiger partial charge in [-0.2, -0.15) is 5.26 Å². The van der Waals surface area contributed by atoms with Gasteiger partial charge in [-0.1, -0.05) is 6.08 Å². The van der Waals surface area contributed by atoms with Crippen LogP contribution in [0.1, 0.15) is 44.4 Å². The van der Waals surface area contributed by atoms with Gasteiger partial charge in [0.2, 0.25) is 17.7 Å². The van der Waals surface area contributed by atoms with E-state index in [4.69, 9.17) is 27.4 Å². The molecule has 0 saturated carbocycles. The summed E-state index contributed by atoms with van der Waals surface area (Å²) >= 11 is 5.10. The molecule has 0 unspecified atom stereocenters. The number of nitrogens with two attached hydrogens (primary N) is 1. The summed E-state index contributed by atoms with van der Waals surface area (Å²) in [5.41, 5.74) is 5.53. The van der Waals surface area contributed by atoms with Gasteiger partial charge in [0.15, 0.2) is 10.2 Å². The Morgan fingerprint density at radius 1 is 1.30 bits per heavy atom. The highest BCUT2D eigenvalue weighted by molar-refractivity contribution is 7.71. The summed E-state index contributed by atoms with van der Waals surface area (Å²) in [5.74, 6) is -0.294. The molecule has 3 aliphatic heterocycles. The monoisotopic (exact) mass is 463 g/mol. The van der Waals surface area contributed by atoms with Crippen molar-refractivity contribution in [2.75, 3.05) is 11.5 Å². The number of H-pyrrole nitrogens is 2. The van der Waals surface area contributed by atoms with Crippen molar-refractivity contribution < 1.29 is 14.3 Å². The van der Waals surface area contributed by atoms with Gasteiger partial charge in [0, 0.05) is 11.1 Å². The third-order valence-electron chi connectivity index (χ3n) is 6.35. The van der Waals surface area contributed by atoms with Crippen LogP contribution in [-0.4, -0.2) is 28.0 Å². The molecule has 33 heavy (non-hydrogen) atoms. The van der Waals surface area contributed by atoms with Crippen LogP contribution in [-0.2, 0) is 10.2 Å². The SMILES string of the molecule is CCOc1cc2c3c(c1)[C@@]1(C(=O)N3C(C)(C)C=C2C)C(C#N)=C(N)Oc2[nH]c(=S)[nH]c(=O)c21. The number of amides is 1. The number of anilines is 1. The summed E-state index contributed by atoms with van der Waals surface area (Å²) in [7, 11) is 0. The molecule has 2 aromatic rings. The molecule has 0 saturated heterocycles. The van der Waals surface area contributed by atoms with E-state index in [-0.39, 0.29) is 27.7 Å². The first-order valence-electron chi connectivity index (χ1n) is 10.4. The number of hydrogen-bond donors (Lipinski definition) is 3. The molecule has 168 valence electrons. The van der Waals surface area contributed by atoms with Crippen LogP contribution in [0, 0.1) is 16.1 Å². The number of benzene rings is 1. The third kappa shape index (κ3) is 2.48. The van der Waals surface area contributed by atoms with Gasteiger partial charge in [-0.05, 0) is 57.6 Å². The highest BCUT2D eigenvalue weighted by Crippen LogP contribution is 2.59. The van der Waals surface area contributed by atoms with Gasteiger partial charge in [-0.25, -0.2) is 0 Å². The van der Waals surface area contributed by atoms with Crippen LogP contribution in [0.2, 0.25) is 0 Å². The van der Waals surface area contributed by atoms with E-state index in [2.05, 4.69) is 9.97 Å². The van der Waals surface area contributed by atoms with E-state index < -0.39 is 22.4 Å². The number of fused-ring (bicyclic) bond motifs is 3. The normalized spacial score (nSPS) is 21.8. The summed E-state index contributed by atoms with van der Waals surface area (Å²) in [6.45, 7) is 8.01. The Kier molecular flexibility index (Phi) is 4.20. The molecule has 4 N–H and O–H groups in total. The van der Waals surface area contributed by atoms with Crippen LogP contribution >= 0.6 is 12.2 Å². The minimum Gasteiger partial charge on any atom is -0.494 e. The smallest absolute Gasteiger partial charge is 0.260 e. The fourth-order valence-electron chi connectivity index (χ4n) is 5.27. The van der Waals surface area contributed by atoms with E-state index in [1.165, 1.54) is 0 Å². The lowest BCUT2D eigenvalue weighted by Gasteiger charge is -2.40. The summed E-state index contributed by atoms with van der Waals surface area (Å²) in [6, 6.07) is 5.62. The average molecular weight is 464 g/mol. The zero-order chi connectivity index (χ0) is 23.9. The van der Waals surface area contributed by atoms with Crippen molar-refractivity contribution in [3.63, 3.8) is 0 Å². The Morgan fingerprint density at radius 3 is 2.70 bits per heavy atom. The van der Waals surface area contributed by atoms with Gasteiger partial charge in [-0.15, -0.1) is 0 Å². The lowest BCUT2D eigenvalue weighted by Crippen LogP contribution is -2.54. The number of nitrogens with zero attached hydrogens (tertiary/aromatic N) is 2. The summed E-state index contributed by atoms with van der Waals surface area (Å²) in [6.07, 6.45) is 1.98. The summed E-state index contributed by atoms with van der Waals surface area (Å²) < 4.78 is 11.4. The van der Waals surface area contributed by atoms with E-state index in [0.29, 0.717) is 23.6 Å². The zero-order valence-corrected chi connectivity index (χ0v) is 19.3. The highest BCUT2D eigenvalue weighted by Gasteiger charge is 2.64. The van der Waals surface area contributed by atoms with Gasteiger partial charge in [0.1, 0.15) is 23.0 Å². The Morgan fingerprint density at radius 2 is 2.03 bits per heavy atom. The van der Waals surface area contributed by atoms with Crippen LogP contribution in [0.15, 0.2) is 34.5 Å². The summed E-state index contributed by atoms with van der Waals surface area (Å²) in [4.78, 5) is 34.7.